The van der Waals surface area contributed by atoms with Gasteiger partial charge < -0.3 is 20.8 Å². The molecule has 0 fully saturated rings. The molecule has 2 amide bonds. The SMILES string of the molecule is O=C(O)CCNC(=O)NC(CCO)c1cccc(C(F)(F)F)c1. The molecule has 23 heavy (non-hydrogen) atoms. The lowest BCUT2D eigenvalue weighted by molar-refractivity contribution is -0.138. The third-order valence-electron chi connectivity index (χ3n) is 2.96. The number of carboxylic acid groups (broad SMARTS) is 1. The van der Waals surface area contributed by atoms with E-state index in [-0.39, 0.29) is 31.6 Å². The molecule has 0 heterocycles. The fraction of sp³-hybridized carbons (Fsp3) is 0.429. The Hall–Kier alpha value is -2.29. The van der Waals surface area contributed by atoms with Gasteiger partial charge in [0.1, 0.15) is 0 Å². The summed E-state index contributed by atoms with van der Waals surface area (Å²) in [5.74, 6) is -1.09. The minimum Gasteiger partial charge on any atom is -0.481 e. The van der Waals surface area contributed by atoms with Crippen molar-refractivity contribution < 1.29 is 33.0 Å². The summed E-state index contributed by atoms with van der Waals surface area (Å²) in [4.78, 5) is 22.0. The molecule has 128 valence electrons. The molecule has 0 saturated carbocycles. The predicted molar refractivity (Wildman–Crippen MR) is 74.7 cm³/mol. The van der Waals surface area contributed by atoms with Gasteiger partial charge in [-0.3, -0.25) is 4.79 Å². The van der Waals surface area contributed by atoms with Gasteiger partial charge in [-0.15, -0.1) is 0 Å². The van der Waals surface area contributed by atoms with Crippen LogP contribution in [-0.4, -0.2) is 35.4 Å². The van der Waals surface area contributed by atoms with Gasteiger partial charge in [0.2, 0.25) is 0 Å². The van der Waals surface area contributed by atoms with E-state index in [4.69, 9.17) is 10.2 Å². The number of rotatable bonds is 7. The van der Waals surface area contributed by atoms with E-state index >= 15 is 0 Å². The second kappa shape index (κ2) is 8.37. The Balaban J connectivity index is 2.78. The van der Waals surface area contributed by atoms with Crippen LogP contribution in [0.25, 0.3) is 0 Å². The van der Waals surface area contributed by atoms with Gasteiger partial charge in [0.15, 0.2) is 0 Å². The zero-order chi connectivity index (χ0) is 17.5. The van der Waals surface area contributed by atoms with Crippen molar-refractivity contribution in [3.63, 3.8) is 0 Å². The van der Waals surface area contributed by atoms with Gasteiger partial charge in [0.05, 0.1) is 18.0 Å². The van der Waals surface area contributed by atoms with Gasteiger partial charge in [0.25, 0.3) is 0 Å². The molecule has 4 N–H and O–H groups in total. The molecular weight excluding hydrogens is 317 g/mol. The fourth-order valence-corrected chi connectivity index (χ4v) is 1.88. The third kappa shape index (κ3) is 6.55. The van der Waals surface area contributed by atoms with Crippen LogP contribution in [-0.2, 0) is 11.0 Å². The summed E-state index contributed by atoms with van der Waals surface area (Å²) in [6, 6.07) is 2.89. The van der Waals surface area contributed by atoms with E-state index in [0.717, 1.165) is 12.1 Å². The minimum atomic E-state index is -4.51. The number of aliphatic carboxylic acids is 1. The van der Waals surface area contributed by atoms with E-state index in [1.165, 1.54) is 12.1 Å². The van der Waals surface area contributed by atoms with Crippen LogP contribution >= 0.6 is 0 Å². The number of hydrogen-bond donors (Lipinski definition) is 4. The summed E-state index contributed by atoms with van der Waals surface area (Å²) in [5, 5.41) is 22.2. The number of aliphatic hydroxyl groups is 1. The number of halogens is 3. The summed E-state index contributed by atoms with van der Waals surface area (Å²) in [6.45, 7) is -0.452. The van der Waals surface area contributed by atoms with Gasteiger partial charge in [-0.05, 0) is 24.1 Å². The van der Waals surface area contributed by atoms with E-state index in [1.54, 1.807) is 0 Å². The van der Waals surface area contributed by atoms with E-state index < -0.39 is 29.8 Å². The Morgan fingerprint density at radius 1 is 1.26 bits per heavy atom. The first kappa shape index (κ1) is 18.8. The smallest absolute Gasteiger partial charge is 0.416 e. The Morgan fingerprint density at radius 2 is 1.96 bits per heavy atom. The lowest BCUT2D eigenvalue weighted by Gasteiger charge is -2.20. The lowest BCUT2D eigenvalue weighted by Crippen LogP contribution is -2.39. The van der Waals surface area contributed by atoms with Crippen molar-refractivity contribution in [2.75, 3.05) is 13.2 Å². The fourth-order valence-electron chi connectivity index (χ4n) is 1.88. The molecule has 0 saturated heterocycles. The maximum atomic E-state index is 12.7. The minimum absolute atomic E-state index is 0.0215. The van der Waals surface area contributed by atoms with Crippen LogP contribution < -0.4 is 10.6 Å². The van der Waals surface area contributed by atoms with Gasteiger partial charge >= 0.3 is 18.2 Å². The summed E-state index contributed by atoms with van der Waals surface area (Å²) in [5.41, 5.74) is -0.659. The molecule has 0 spiro atoms. The molecule has 1 rings (SSSR count). The van der Waals surface area contributed by atoms with Crippen LogP contribution in [0.2, 0.25) is 0 Å². The molecule has 1 unspecified atom stereocenters. The van der Waals surface area contributed by atoms with E-state index in [2.05, 4.69) is 10.6 Å². The van der Waals surface area contributed by atoms with Crippen molar-refractivity contribution in [1.82, 2.24) is 10.6 Å². The van der Waals surface area contributed by atoms with Crippen molar-refractivity contribution in [3.05, 3.63) is 35.4 Å². The number of carbonyl (C=O) groups is 2. The second-order valence-corrected chi connectivity index (χ2v) is 4.73. The van der Waals surface area contributed by atoms with E-state index in [9.17, 15) is 22.8 Å². The quantitative estimate of drug-likeness (QED) is 0.612. The van der Waals surface area contributed by atoms with Gasteiger partial charge in [0, 0.05) is 13.2 Å². The molecule has 0 aliphatic rings. The number of alkyl halides is 3. The second-order valence-electron chi connectivity index (χ2n) is 4.73. The molecule has 1 aromatic rings. The zero-order valence-electron chi connectivity index (χ0n) is 12.1. The van der Waals surface area contributed by atoms with Crippen molar-refractivity contribution in [3.8, 4) is 0 Å². The molecule has 9 heteroatoms. The van der Waals surface area contributed by atoms with Gasteiger partial charge in [-0.25, -0.2) is 4.79 Å². The Labute approximate surface area is 130 Å². The van der Waals surface area contributed by atoms with Gasteiger partial charge in [-0.2, -0.15) is 13.2 Å². The maximum Gasteiger partial charge on any atom is 0.416 e. The summed E-state index contributed by atoms with van der Waals surface area (Å²) < 4.78 is 38.2. The summed E-state index contributed by atoms with van der Waals surface area (Å²) in [6.07, 6.45) is -4.77. The van der Waals surface area contributed by atoms with E-state index in [0.29, 0.717) is 0 Å². The summed E-state index contributed by atoms with van der Waals surface area (Å²) >= 11 is 0. The van der Waals surface area contributed by atoms with Crippen molar-refractivity contribution in [1.29, 1.82) is 0 Å². The molecule has 1 aromatic carbocycles. The normalized spacial score (nSPS) is 12.5. The van der Waals surface area contributed by atoms with Crippen molar-refractivity contribution >= 4 is 12.0 Å². The first-order valence-corrected chi connectivity index (χ1v) is 6.78. The average molecular weight is 334 g/mol. The van der Waals surface area contributed by atoms with Crippen LogP contribution in [0.3, 0.4) is 0 Å². The molecule has 0 aliphatic carbocycles. The highest BCUT2D eigenvalue weighted by Crippen LogP contribution is 2.31. The Morgan fingerprint density at radius 3 is 2.52 bits per heavy atom. The molecule has 0 radical (unpaired) electrons. The molecule has 6 nitrogen and oxygen atoms in total. The van der Waals surface area contributed by atoms with Crippen LogP contribution in [0.4, 0.5) is 18.0 Å². The zero-order valence-corrected chi connectivity index (χ0v) is 12.1. The largest absolute Gasteiger partial charge is 0.481 e. The maximum absolute atomic E-state index is 12.7. The number of urea groups is 1. The summed E-state index contributed by atoms with van der Waals surface area (Å²) in [7, 11) is 0. The number of carbonyl (C=O) groups excluding carboxylic acids is 1. The van der Waals surface area contributed by atoms with Gasteiger partial charge in [-0.1, -0.05) is 12.1 Å². The van der Waals surface area contributed by atoms with Crippen LogP contribution in [0.15, 0.2) is 24.3 Å². The number of amides is 2. The number of benzene rings is 1. The monoisotopic (exact) mass is 334 g/mol. The highest BCUT2D eigenvalue weighted by atomic mass is 19.4. The Kier molecular flexibility index (Phi) is 6.83. The lowest BCUT2D eigenvalue weighted by atomic mass is 10.0. The topological polar surface area (TPSA) is 98.7 Å². The highest BCUT2D eigenvalue weighted by Gasteiger charge is 2.31. The Bertz CT molecular complexity index is 549. The number of aliphatic hydroxyl groups excluding tert-OH is 1. The first-order chi connectivity index (χ1) is 10.7. The van der Waals surface area contributed by atoms with Crippen molar-refractivity contribution in [2.24, 2.45) is 0 Å². The number of carboxylic acids is 1. The van der Waals surface area contributed by atoms with Crippen LogP contribution in [0.1, 0.15) is 30.0 Å². The molecule has 0 aliphatic heterocycles. The molecule has 1 atom stereocenters. The third-order valence-corrected chi connectivity index (χ3v) is 2.96. The highest BCUT2D eigenvalue weighted by molar-refractivity contribution is 5.75. The van der Waals surface area contributed by atoms with Crippen LogP contribution in [0, 0.1) is 0 Å². The molecule has 0 aromatic heterocycles. The van der Waals surface area contributed by atoms with Crippen molar-refractivity contribution in [2.45, 2.75) is 25.1 Å². The van der Waals surface area contributed by atoms with E-state index in [1.807, 2.05) is 0 Å². The standard InChI is InChI=1S/C14H17F3N2O4/c15-14(16,17)10-3-1-2-9(8-10)11(5-7-20)19-13(23)18-6-4-12(21)22/h1-3,8,11,20H,4-7H2,(H,21,22)(H2,18,19,23). The van der Waals surface area contributed by atoms with Crippen LogP contribution in [0.5, 0.6) is 0 Å². The molecular formula is C14H17F3N2O4. The first-order valence-electron chi connectivity index (χ1n) is 6.78. The number of hydrogen-bond acceptors (Lipinski definition) is 3. The predicted octanol–water partition coefficient (Wildman–Crippen LogP) is 1.90. The number of nitrogens with one attached hydrogen (secondary N) is 2. The average Bonchev–Trinajstić information content (AvgIpc) is 2.45. The molecule has 0 bridgehead atoms.